The van der Waals surface area contributed by atoms with Crippen LogP contribution in [0.1, 0.15) is 4.88 Å². The number of amides is 1. The number of piperazine rings is 1. The molecule has 1 saturated heterocycles. The van der Waals surface area contributed by atoms with Crippen molar-refractivity contribution < 1.29 is 4.79 Å². The molecule has 2 rings (SSSR count). The third-order valence-corrected chi connectivity index (χ3v) is 3.74. The molecule has 0 radical (unpaired) electrons. The summed E-state index contributed by atoms with van der Waals surface area (Å²) < 4.78 is 0. The Morgan fingerprint density at radius 2 is 2.22 bits per heavy atom. The summed E-state index contributed by atoms with van der Waals surface area (Å²) in [5.74, 6) is 0.241. The molecule has 1 aliphatic rings. The van der Waals surface area contributed by atoms with Crippen LogP contribution in [-0.4, -0.2) is 55.5 Å². The summed E-state index contributed by atoms with van der Waals surface area (Å²) in [6.07, 6.45) is 0. The standard InChI is InChI=1S/C12H19N3OS.ClH/c1-14(9-11-3-2-8-17-11)10-12(16)15-6-4-13-5-7-15;/h2-3,8,13H,4-7,9-10H2,1H3;1H. The van der Waals surface area contributed by atoms with Gasteiger partial charge in [-0.3, -0.25) is 9.69 Å². The molecule has 0 unspecified atom stereocenters. The molecule has 102 valence electrons. The van der Waals surface area contributed by atoms with Crippen LogP contribution in [0.2, 0.25) is 0 Å². The van der Waals surface area contributed by atoms with Gasteiger partial charge in [0.2, 0.25) is 5.91 Å². The predicted octanol–water partition coefficient (Wildman–Crippen LogP) is 1.03. The lowest BCUT2D eigenvalue weighted by Gasteiger charge is -2.29. The zero-order valence-electron chi connectivity index (χ0n) is 10.6. The van der Waals surface area contributed by atoms with Gasteiger partial charge in [-0.2, -0.15) is 0 Å². The molecule has 1 aromatic rings. The Morgan fingerprint density at radius 1 is 1.50 bits per heavy atom. The summed E-state index contributed by atoms with van der Waals surface area (Å²) in [6, 6.07) is 4.16. The van der Waals surface area contributed by atoms with Crippen molar-refractivity contribution in [3.05, 3.63) is 22.4 Å². The number of carbonyl (C=O) groups is 1. The fraction of sp³-hybridized carbons (Fsp3) is 0.583. The van der Waals surface area contributed by atoms with E-state index < -0.39 is 0 Å². The van der Waals surface area contributed by atoms with Crippen molar-refractivity contribution in [3.8, 4) is 0 Å². The summed E-state index contributed by atoms with van der Waals surface area (Å²) in [5.41, 5.74) is 0. The number of hydrogen-bond acceptors (Lipinski definition) is 4. The van der Waals surface area contributed by atoms with Crippen LogP contribution < -0.4 is 5.32 Å². The Hall–Kier alpha value is -0.620. The molecule has 4 nitrogen and oxygen atoms in total. The van der Waals surface area contributed by atoms with Crippen LogP contribution in [-0.2, 0) is 11.3 Å². The molecule has 1 amide bonds. The van der Waals surface area contributed by atoms with Crippen molar-refractivity contribution >= 4 is 29.7 Å². The minimum Gasteiger partial charge on any atom is -0.339 e. The number of halogens is 1. The van der Waals surface area contributed by atoms with Crippen molar-refractivity contribution in [2.24, 2.45) is 0 Å². The Kier molecular flexibility index (Phi) is 6.63. The van der Waals surface area contributed by atoms with E-state index in [-0.39, 0.29) is 18.3 Å². The molecular weight excluding hydrogens is 270 g/mol. The van der Waals surface area contributed by atoms with E-state index in [1.54, 1.807) is 11.3 Å². The molecular formula is C12H20ClN3OS. The first-order valence-electron chi connectivity index (χ1n) is 5.95. The zero-order valence-corrected chi connectivity index (χ0v) is 12.2. The third kappa shape index (κ3) is 4.57. The fourth-order valence-corrected chi connectivity index (χ4v) is 2.75. The lowest BCUT2D eigenvalue weighted by atomic mass is 10.3. The summed E-state index contributed by atoms with van der Waals surface area (Å²) in [4.78, 5) is 17.3. The van der Waals surface area contributed by atoms with Crippen molar-refractivity contribution in [2.75, 3.05) is 39.8 Å². The van der Waals surface area contributed by atoms with Gasteiger partial charge in [-0.15, -0.1) is 23.7 Å². The van der Waals surface area contributed by atoms with E-state index >= 15 is 0 Å². The number of rotatable bonds is 4. The van der Waals surface area contributed by atoms with Crippen LogP contribution in [0.4, 0.5) is 0 Å². The number of thiophene rings is 1. The van der Waals surface area contributed by atoms with Crippen LogP contribution in [0, 0.1) is 0 Å². The topological polar surface area (TPSA) is 35.6 Å². The average molecular weight is 290 g/mol. The monoisotopic (exact) mass is 289 g/mol. The quantitative estimate of drug-likeness (QED) is 0.899. The normalized spacial score (nSPS) is 15.6. The fourth-order valence-electron chi connectivity index (χ4n) is 1.97. The zero-order chi connectivity index (χ0) is 12.1. The molecule has 0 spiro atoms. The molecule has 2 heterocycles. The van der Waals surface area contributed by atoms with E-state index in [1.807, 2.05) is 18.0 Å². The van der Waals surface area contributed by atoms with E-state index in [0.29, 0.717) is 6.54 Å². The van der Waals surface area contributed by atoms with Gasteiger partial charge in [-0.25, -0.2) is 0 Å². The van der Waals surface area contributed by atoms with Crippen LogP contribution in [0.15, 0.2) is 17.5 Å². The molecule has 18 heavy (non-hydrogen) atoms. The number of nitrogens with zero attached hydrogens (tertiary/aromatic N) is 2. The maximum atomic E-state index is 12.0. The Balaban J connectivity index is 0.00000162. The van der Waals surface area contributed by atoms with E-state index in [4.69, 9.17) is 0 Å². The average Bonchev–Trinajstić information content (AvgIpc) is 2.82. The number of carbonyl (C=O) groups excluding carboxylic acids is 1. The highest BCUT2D eigenvalue weighted by molar-refractivity contribution is 7.09. The van der Waals surface area contributed by atoms with E-state index in [0.717, 1.165) is 32.7 Å². The lowest BCUT2D eigenvalue weighted by Crippen LogP contribution is -2.49. The van der Waals surface area contributed by atoms with Gasteiger partial charge in [0.05, 0.1) is 6.54 Å². The van der Waals surface area contributed by atoms with Crippen molar-refractivity contribution in [1.29, 1.82) is 0 Å². The third-order valence-electron chi connectivity index (χ3n) is 2.88. The second-order valence-corrected chi connectivity index (χ2v) is 5.41. The molecule has 1 fully saturated rings. The molecule has 1 aliphatic heterocycles. The van der Waals surface area contributed by atoms with Gasteiger partial charge in [0.25, 0.3) is 0 Å². The lowest BCUT2D eigenvalue weighted by molar-refractivity contribution is -0.132. The number of likely N-dealkylation sites (N-methyl/N-ethyl adjacent to an activating group) is 1. The molecule has 0 aromatic carbocycles. The van der Waals surface area contributed by atoms with Crippen LogP contribution in [0.3, 0.4) is 0 Å². The first-order chi connectivity index (χ1) is 8.25. The largest absolute Gasteiger partial charge is 0.339 e. The molecule has 6 heteroatoms. The number of nitrogens with one attached hydrogen (secondary N) is 1. The van der Waals surface area contributed by atoms with Crippen molar-refractivity contribution in [1.82, 2.24) is 15.1 Å². The van der Waals surface area contributed by atoms with Gasteiger partial charge < -0.3 is 10.2 Å². The van der Waals surface area contributed by atoms with Crippen molar-refractivity contribution in [2.45, 2.75) is 6.54 Å². The Bertz CT molecular complexity index is 352. The molecule has 0 atom stereocenters. The molecule has 1 N–H and O–H groups in total. The van der Waals surface area contributed by atoms with E-state index in [1.165, 1.54) is 4.88 Å². The highest BCUT2D eigenvalue weighted by atomic mass is 35.5. The first kappa shape index (κ1) is 15.4. The number of hydrogen-bond donors (Lipinski definition) is 1. The predicted molar refractivity (Wildman–Crippen MR) is 77.4 cm³/mol. The van der Waals surface area contributed by atoms with Gasteiger partial charge in [0.15, 0.2) is 0 Å². The Morgan fingerprint density at radius 3 is 2.83 bits per heavy atom. The summed E-state index contributed by atoms with van der Waals surface area (Å²) >= 11 is 1.74. The molecule has 0 aliphatic carbocycles. The SMILES string of the molecule is CN(CC(=O)N1CCNCC1)Cc1cccs1.Cl. The summed E-state index contributed by atoms with van der Waals surface area (Å²) in [7, 11) is 2.00. The molecule has 1 aromatic heterocycles. The van der Waals surface area contributed by atoms with Gasteiger partial charge in [0.1, 0.15) is 0 Å². The minimum atomic E-state index is 0. The Labute approximate surface area is 118 Å². The van der Waals surface area contributed by atoms with E-state index in [9.17, 15) is 4.79 Å². The van der Waals surface area contributed by atoms with Crippen LogP contribution >= 0.6 is 23.7 Å². The van der Waals surface area contributed by atoms with Crippen LogP contribution in [0.5, 0.6) is 0 Å². The van der Waals surface area contributed by atoms with E-state index in [2.05, 4.69) is 21.7 Å². The van der Waals surface area contributed by atoms with Gasteiger partial charge >= 0.3 is 0 Å². The van der Waals surface area contributed by atoms with Gasteiger partial charge in [-0.05, 0) is 18.5 Å². The maximum absolute atomic E-state index is 12.0. The minimum absolute atomic E-state index is 0. The highest BCUT2D eigenvalue weighted by Gasteiger charge is 2.17. The summed E-state index contributed by atoms with van der Waals surface area (Å²) in [5, 5.41) is 5.32. The van der Waals surface area contributed by atoms with Crippen LogP contribution in [0.25, 0.3) is 0 Å². The second kappa shape index (κ2) is 7.74. The van der Waals surface area contributed by atoms with Gasteiger partial charge in [0, 0.05) is 37.6 Å². The smallest absolute Gasteiger partial charge is 0.236 e. The first-order valence-corrected chi connectivity index (χ1v) is 6.83. The van der Waals surface area contributed by atoms with Gasteiger partial charge in [-0.1, -0.05) is 6.07 Å². The highest BCUT2D eigenvalue weighted by Crippen LogP contribution is 2.10. The molecule has 0 saturated carbocycles. The van der Waals surface area contributed by atoms with Crippen molar-refractivity contribution in [3.63, 3.8) is 0 Å². The second-order valence-electron chi connectivity index (χ2n) is 4.38. The maximum Gasteiger partial charge on any atom is 0.236 e. The molecule has 0 bridgehead atoms. The summed E-state index contributed by atoms with van der Waals surface area (Å²) in [6.45, 7) is 4.88.